The molecule has 8 heavy (non-hydrogen) atoms. The van der Waals surface area contributed by atoms with Gasteiger partial charge in [-0.05, 0) is 12.8 Å². The number of hydrogen-bond donors (Lipinski definition) is 1. The molecule has 0 saturated heterocycles. The summed E-state index contributed by atoms with van der Waals surface area (Å²) in [6.45, 7) is 6.41. The van der Waals surface area contributed by atoms with Gasteiger partial charge in [-0.2, -0.15) is 12.6 Å². The van der Waals surface area contributed by atoms with E-state index in [1.807, 2.05) is 0 Å². The molecule has 0 spiro atoms. The van der Waals surface area contributed by atoms with Gasteiger partial charge < -0.3 is 0 Å². The highest BCUT2D eigenvalue weighted by atomic mass is 32.1. The Hall–Kier alpha value is 0.350. The van der Waals surface area contributed by atoms with Crippen molar-refractivity contribution in [2.75, 3.05) is 0 Å². The predicted molar refractivity (Wildman–Crippen MR) is 42.3 cm³/mol. The van der Waals surface area contributed by atoms with Crippen molar-refractivity contribution in [3.8, 4) is 0 Å². The normalized spacial score (nSPS) is 12.0. The lowest BCUT2D eigenvalue weighted by molar-refractivity contribution is 0.687. The number of thiol groups is 1. The SMILES string of the molecule is CC[CH]CC(C)(C)S. The van der Waals surface area contributed by atoms with Gasteiger partial charge >= 0.3 is 0 Å². The summed E-state index contributed by atoms with van der Waals surface area (Å²) in [5, 5.41) is 0. The van der Waals surface area contributed by atoms with E-state index < -0.39 is 0 Å². The van der Waals surface area contributed by atoms with E-state index in [1.165, 1.54) is 0 Å². The Morgan fingerprint density at radius 2 is 2.00 bits per heavy atom. The molecular formula is C7H15S. The molecule has 0 aromatic heterocycles. The highest BCUT2D eigenvalue weighted by molar-refractivity contribution is 7.81. The lowest BCUT2D eigenvalue weighted by Crippen LogP contribution is -2.09. The summed E-state index contributed by atoms with van der Waals surface area (Å²) in [6.07, 6.45) is 4.52. The number of unbranched alkanes of at least 4 members (excludes halogenated alkanes) is 1. The minimum atomic E-state index is 0.190. The third-order valence-corrected chi connectivity index (χ3v) is 1.12. The van der Waals surface area contributed by atoms with Gasteiger partial charge in [-0.3, -0.25) is 0 Å². The average Bonchev–Trinajstić information content (AvgIpc) is 1.59. The maximum atomic E-state index is 4.36. The Balaban J connectivity index is 3.11. The van der Waals surface area contributed by atoms with Crippen molar-refractivity contribution in [1.82, 2.24) is 0 Å². The van der Waals surface area contributed by atoms with E-state index in [0.29, 0.717) is 0 Å². The highest BCUT2D eigenvalue weighted by Gasteiger charge is 2.08. The summed E-state index contributed by atoms with van der Waals surface area (Å²) in [4.78, 5) is 0. The Kier molecular flexibility index (Phi) is 3.54. The summed E-state index contributed by atoms with van der Waals surface area (Å²) in [5.74, 6) is 0. The third-order valence-electron chi connectivity index (χ3n) is 0.933. The van der Waals surface area contributed by atoms with Gasteiger partial charge in [0.15, 0.2) is 0 Å². The average molecular weight is 131 g/mol. The minimum absolute atomic E-state index is 0.190. The first-order valence-corrected chi connectivity index (χ1v) is 3.55. The van der Waals surface area contributed by atoms with Crippen LogP contribution in [0.25, 0.3) is 0 Å². The Morgan fingerprint density at radius 1 is 1.50 bits per heavy atom. The van der Waals surface area contributed by atoms with Crippen LogP contribution in [0.15, 0.2) is 0 Å². The Morgan fingerprint density at radius 3 is 2.12 bits per heavy atom. The smallest absolute Gasteiger partial charge is 0.00759 e. The van der Waals surface area contributed by atoms with Crippen molar-refractivity contribution in [1.29, 1.82) is 0 Å². The first kappa shape index (κ1) is 8.35. The van der Waals surface area contributed by atoms with Gasteiger partial charge in [0.2, 0.25) is 0 Å². The molecule has 0 nitrogen and oxygen atoms in total. The van der Waals surface area contributed by atoms with Crippen LogP contribution in [-0.2, 0) is 0 Å². The first-order chi connectivity index (χ1) is 3.56. The van der Waals surface area contributed by atoms with E-state index in [4.69, 9.17) is 0 Å². The van der Waals surface area contributed by atoms with Gasteiger partial charge in [0.05, 0.1) is 0 Å². The zero-order valence-electron chi connectivity index (χ0n) is 5.94. The molecule has 0 saturated carbocycles. The fraction of sp³-hybridized carbons (Fsp3) is 0.857. The molecule has 0 aromatic rings. The van der Waals surface area contributed by atoms with Crippen LogP contribution >= 0.6 is 12.6 Å². The van der Waals surface area contributed by atoms with Crippen LogP contribution in [0.2, 0.25) is 0 Å². The van der Waals surface area contributed by atoms with Gasteiger partial charge in [-0.25, -0.2) is 0 Å². The summed E-state index contributed by atoms with van der Waals surface area (Å²) >= 11 is 4.36. The lowest BCUT2D eigenvalue weighted by Gasteiger charge is -2.15. The molecular weight excluding hydrogens is 116 g/mol. The maximum absolute atomic E-state index is 4.36. The third kappa shape index (κ3) is 6.35. The van der Waals surface area contributed by atoms with E-state index in [1.54, 1.807) is 0 Å². The van der Waals surface area contributed by atoms with Crippen LogP contribution in [0.3, 0.4) is 0 Å². The second kappa shape index (κ2) is 3.39. The molecule has 1 heteroatoms. The van der Waals surface area contributed by atoms with Crippen LogP contribution in [-0.4, -0.2) is 4.75 Å². The molecule has 0 N–H and O–H groups in total. The van der Waals surface area contributed by atoms with Gasteiger partial charge in [-0.1, -0.05) is 27.2 Å². The van der Waals surface area contributed by atoms with Crippen molar-refractivity contribution in [2.45, 2.75) is 38.4 Å². The van der Waals surface area contributed by atoms with Crippen molar-refractivity contribution >= 4 is 12.6 Å². The zero-order chi connectivity index (χ0) is 6.62. The van der Waals surface area contributed by atoms with Crippen LogP contribution in [0, 0.1) is 6.42 Å². The minimum Gasteiger partial charge on any atom is -0.173 e. The maximum Gasteiger partial charge on any atom is 0.00759 e. The molecule has 49 valence electrons. The summed E-state index contributed by atoms with van der Waals surface area (Å²) < 4.78 is 0.190. The number of hydrogen-bond acceptors (Lipinski definition) is 1. The zero-order valence-corrected chi connectivity index (χ0v) is 6.83. The van der Waals surface area contributed by atoms with E-state index in [-0.39, 0.29) is 4.75 Å². The molecule has 0 atom stereocenters. The lowest BCUT2D eigenvalue weighted by atomic mass is 10.1. The predicted octanol–water partition coefficient (Wildman–Crippen LogP) is 2.70. The molecule has 0 unspecified atom stereocenters. The second-order valence-electron chi connectivity index (χ2n) is 2.71. The molecule has 0 amide bonds. The van der Waals surface area contributed by atoms with Crippen LogP contribution in [0.5, 0.6) is 0 Å². The first-order valence-electron chi connectivity index (χ1n) is 3.10. The van der Waals surface area contributed by atoms with Crippen LogP contribution in [0.4, 0.5) is 0 Å². The van der Waals surface area contributed by atoms with Crippen molar-refractivity contribution in [3.05, 3.63) is 6.42 Å². The molecule has 0 aromatic carbocycles. The van der Waals surface area contributed by atoms with Gasteiger partial charge in [0, 0.05) is 4.75 Å². The highest BCUT2D eigenvalue weighted by Crippen LogP contribution is 2.18. The van der Waals surface area contributed by atoms with Crippen molar-refractivity contribution < 1.29 is 0 Å². The molecule has 0 aliphatic heterocycles. The summed E-state index contributed by atoms with van der Waals surface area (Å²) in [5.41, 5.74) is 0. The summed E-state index contributed by atoms with van der Waals surface area (Å²) in [7, 11) is 0. The van der Waals surface area contributed by atoms with E-state index in [0.717, 1.165) is 12.8 Å². The molecule has 1 radical (unpaired) electrons. The van der Waals surface area contributed by atoms with Crippen molar-refractivity contribution in [2.24, 2.45) is 0 Å². The quantitative estimate of drug-likeness (QED) is 0.559. The van der Waals surface area contributed by atoms with Crippen molar-refractivity contribution in [3.63, 3.8) is 0 Å². The topological polar surface area (TPSA) is 0 Å². The second-order valence-corrected chi connectivity index (χ2v) is 3.92. The molecule has 0 rings (SSSR count). The largest absolute Gasteiger partial charge is 0.173 e. The molecule has 0 fully saturated rings. The Labute approximate surface area is 58.1 Å². The van der Waals surface area contributed by atoms with Crippen LogP contribution < -0.4 is 0 Å². The van der Waals surface area contributed by atoms with Gasteiger partial charge in [0.25, 0.3) is 0 Å². The fourth-order valence-electron chi connectivity index (χ4n) is 0.498. The standard InChI is InChI=1S/C7H15S/c1-4-5-6-7(2,3)8/h5,8H,4,6H2,1-3H3. The molecule has 0 heterocycles. The molecule has 0 bridgehead atoms. The van der Waals surface area contributed by atoms with Gasteiger partial charge in [-0.15, -0.1) is 0 Å². The number of rotatable bonds is 3. The van der Waals surface area contributed by atoms with Gasteiger partial charge in [0.1, 0.15) is 0 Å². The van der Waals surface area contributed by atoms with E-state index >= 15 is 0 Å². The fourth-order valence-corrected chi connectivity index (χ4v) is 0.627. The molecule has 0 aliphatic carbocycles. The summed E-state index contributed by atoms with van der Waals surface area (Å²) in [6, 6.07) is 0. The molecule has 0 aliphatic rings. The monoisotopic (exact) mass is 131 g/mol. The van der Waals surface area contributed by atoms with Crippen LogP contribution in [0.1, 0.15) is 33.6 Å². The van der Waals surface area contributed by atoms with E-state index in [9.17, 15) is 0 Å². The Bertz CT molecular complexity index is 51.9. The van der Waals surface area contributed by atoms with E-state index in [2.05, 4.69) is 39.8 Å².